The minimum absolute atomic E-state index is 0.0625. The number of pyridine rings is 1. The minimum atomic E-state index is -0.371. The number of hydrogen-bond donors (Lipinski definition) is 2. The molecule has 0 bridgehead atoms. The molecule has 2 N–H and O–H groups in total. The molecule has 0 atom stereocenters. The molecule has 0 aliphatic rings. The lowest BCUT2D eigenvalue weighted by Gasteiger charge is -2.06. The molecular formula is C13H13N9O. The first-order chi connectivity index (χ1) is 11.1. The summed E-state index contributed by atoms with van der Waals surface area (Å²) in [4.78, 5) is 15.7. The van der Waals surface area contributed by atoms with Crippen LogP contribution >= 0.6 is 0 Å². The minimum Gasteiger partial charge on any atom is -0.267 e. The Bertz CT molecular complexity index is 813. The maximum absolute atomic E-state index is 11.8. The molecule has 0 saturated carbocycles. The highest BCUT2D eigenvalue weighted by molar-refractivity contribution is 5.94. The molecule has 3 heterocycles. The lowest BCUT2D eigenvalue weighted by atomic mass is 10.3. The first-order valence-electron chi connectivity index (χ1n) is 6.71. The number of nitrogens with one attached hydrogen (secondary N) is 2. The highest BCUT2D eigenvalue weighted by atomic mass is 16.2. The molecule has 3 aromatic heterocycles. The fourth-order valence-corrected chi connectivity index (χ4v) is 1.87. The second kappa shape index (κ2) is 6.13. The zero-order chi connectivity index (χ0) is 16.2. The highest BCUT2D eigenvalue weighted by Crippen LogP contribution is 2.06. The molecule has 0 unspecified atom stereocenters. The molecule has 0 fully saturated rings. The standard InChI is InChI=1S/C13H13N9O/c1-8-6-9(2)22(21-8)13-19-17-12(18-20-13)16-15-11(23)10-4-3-5-14-7-10/h3-7H,1-2H3,(H,15,23)(H,16,17,18). The predicted octanol–water partition coefficient (Wildman–Crippen LogP) is 0.221. The van der Waals surface area contributed by atoms with E-state index in [0.29, 0.717) is 5.56 Å². The van der Waals surface area contributed by atoms with Crippen molar-refractivity contribution in [1.29, 1.82) is 0 Å². The monoisotopic (exact) mass is 311 g/mol. The number of carbonyl (C=O) groups is 1. The maximum Gasteiger partial charge on any atom is 0.289 e. The van der Waals surface area contributed by atoms with E-state index in [1.165, 1.54) is 10.9 Å². The van der Waals surface area contributed by atoms with Crippen LogP contribution < -0.4 is 10.9 Å². The largest absolute Gasteiger partial charge is 0.289 e. The van der Waals surface area contributed by atoms with E-state index in [-0.39, 0.29) is 17.8 Å². The van der Waals surface area contributed by atoms with Gasteiger partial charge in [-0.25, -0.2) is 4.68 Å². The Labute approximate surface area is 131 Å². The van der Waals surface area contributed by atoms with E-state index in [1.54, 1.807) is 18.3 Å². The van der Waals surface area contributed by atoms with Crippen LogP contribution in [0.4, 0.5) is 5.95 Å². The molecule has 0 aliphatic heterocycles. The molecule has 1 amide bonds. The van der Waals surface area contributed by atoms with Crippen LogP contribution in [0.25, 0.3) is 5.95 Å². The van der Waals surface area contributed by atoms with Gasteiger partial charge < -0.3 is 0 Å². The van der Waals surface area contributed by atoms with Gasteiger partial charge in [0, 0.05) is 18.1 Å². The molecule has 10 nitrogen and oxygen atoms in total. The number of nitrogens with zero attached hydrogens (tertiary/aromatic N) is 7. The Balaban J connectivity index is 1.66. The van der Waals surface area contributed by atoms with Crippen LogP contribution in [0.3, 0.4) is 0 Å². The van der Waals surface area contributed by atoms with Gasteiger partial charge in [0.2, 0.25) is 0 Å². The van der Waals surface area contributed by atoms with Crippen LogP contribution in [-0.2, 0) is 0 Å². The van der Waals surface area contributed by atoms with E-state index < -0.39 is 0 Å². The molecule has 0 aliphatic carbocycles. The van der Waals surface area contributed by atoms with Crippen molar-refractivity contribution in [2.75, 3.05) is 5.43 Å². The van der Waals surface area contributed by atoms with Gasteiger partial charge in [-0.1, -0.05) is 0 Å². The number of amides is 1. The summed E-state index contributed by atoms with van der Waals surface area (Å²) in [6, 6.07) is 5.19. The zero-order valence-electron chi connectivity index (χ0n) is 12.4. The van der Waals surface area contributed by atoms with E-state index in [4.69, 9.17) is 0 Å². The van der Waals surface area contributed by atoms with Crippen molar-refractivity contribution >= 4 is 11.9 Å². The van der Waals surface area contributed by atoms with Gasteiger partial charge in [-0.05, 0) is 32.0 Å². The third-order valence-corrected chi connectivity index (χ3v) is 2.88. The number of rotatable bonds is 4. The van der Waals surface area contributed by atoms with Crippen molar-refractivity contribution in [2.45, 2.75) is 13.8 Å². The van der Waals surface area contributed by atoms with Gasteiger partial charge in [-0.15, -0.1) is 20.4 Å². The lowest BCUT2D eigenvalue weighted by Crippen LogP contribution is -2.30. The van der Waals surface area contributed by atoms with Crippen molar-refractivity contribution in [3.63, 3.8) is 0 Å². The van der Waals surface area contributed by atoms with Crippen LogP contribution in [-0.4, -0.2) is 41.1 Å². The number of aromatic nitrogens is 7. The van der Waals surface area contributed by atoms with Crippen molar-refractivity contribution in [3.05, 3.63) is 47.5 Å². The van der Waals surface area contributed by atoms with Crippen LogP contribution in [0.5, 0.6) is 0 Å². The third kappa shape index (κ3) is 3.26. The van der Waals surface area contributed by atoms with E-state index in [1.807, 2.05) is 19.9 Å². The van der Waals surface area contributed by atoms with Crippen LogP contribution in [0.1, 0.15) is 21.7 Å². The normalized spacial score (nSPS) is 10.3. The molecule has 0 radical (unpaired) electrons. The summed E-state index contributed by atoms with van der Waals surface area (Å²) >= 11 is 0. The lowest BCUT2D eigenvalue weighted by molar-refractivity contribution is 0.0962. The summed E-state index contributed by atoms with van der Waals surface area (Å²) in [5, 5.41) is 19.8. The molecule has 0 aromatic carbocycles. The summed E-state index contributed by atoms with van der Waals surface area (Å²) < 4.78 is 1.54. The van der Waals surface area contributed by atoms with Gasteiger partial charge >= 0.3 is 0 Å². The zero-order valence-corrected chi connectivity index (χ0v) is 12.4. The van der Waals surface area contributed by atoms with Crippen LogP contribution in [0.15, 0.2) is 30.6 Å². The van der Waals surface area contributed by atoms with Gasteiger partial charge in [0.1, 0.15) is 0 Å². The van der Waals surface area contributed by atoms with Crippen molar-refractivity contribution < 1.29 is 4.79 Å². The number of anilines is 1. The van der Waals surface area contributed by atoms with E-state index in [2.05, 4.69) is 41.3 Å². The smallest absolute Gasteiger partial charge is 0.267 e. The quantitative estimate of drug-likeness (QED) is 0.656. The molecule has 3 rings (SSSR count). The van der Waals surface area contributed by atoms with Crippen molar-refractivity contribution in [3.8, 4) is 5.95 Å². The first-order valence-corrected chi connectivity index (χ1v) is 6.71. The SMILES string of the molecule is Cc1cc(C)n(-c2nnc(NNC(=O)c3cccnc3)nn2)n1. The Morgan fingerprint density at radius 3 is 2.57 bits per heavy atom. The molecule has 23 heavy (non-hydrogen) atoms. The molecule has 10 heteroatoms. The molecular weight excluding hydrogens is 298 g/mol. The first kappa shape index (κ1) is 14.5. The second-order valence-electron chi connectivity index (χ2n) is 4.68. The third-order valence-electron chi connectivity index (χ3n) is 2.88. The van der Waals surface area contributed by atoms with Crippen LogP contribution in [0.2, 0.25) is 0 Å². The topological polar surface area (TPSA) is 123 Å². The summed E-state index contributed by atoms with van der Waals surface area (Å²) in [5.74, 6) is -0.0587. The van der Waals surface area contributed by atoms with E-state index in [9.17, 15) is 4.79 Å². The molecule has 3 aromatic rings. The maximum atomic E-state index is 11.8. The molecule has 0 saturated heterocycles. The number of hydrazine groups is 1. The number of aryl methyl sites for hydroxylation is 2. The highest BCUT2D eigenvalue weighted by Gasteiger charge is 2.09. The number of hydrogen-bond acceptors (Lipinski definition) is 8. The predicted molar refractivity (Wildman–Crippen MR) is 79.5 cm³/mol. The summed E-state index contributed by atoms with van der Waals surface area (Å²) in [6.45, 7) is 3.75. The Hall–Kier alpha value is -3.43. The average Bonchev–Trinajstić information content (AvgIpc) is 2.92. The van der Waals surface area contributed by atoms with Crippen molar-refractivity contribution in [2.24, 2.45) is 0 Å². The summed E-state index contributed by atoms with van der Waals surface area (Å²) in [5.41, 5.74) is 7.09. The van der Waals surface area contributed by atoms with E-state index in [0.717, 1.165) is 11.4 Å². The van der Waals surface area contributed by atoms with Gasteiger partial charge in [0.05, 0.1) is 11.3 Å². The average molecular weight is 311 g/mol. The summed E-state index contributed by atoms with van der Waals surface area (Å²) in [7, 11) is 0. The number of carbonyl (C=O) groups excluding carboxylic acids is 1. The van der Waals surface area contributed by atoms with Crippen LogP contribution in [0, 0.1) is 13.8 Å². The van der Waals surface area contributed by atoms with Gasteiger partial charge in [0.25, 0.3) is 17.8 Å². The Morgan fingerprint density at radius 1 is 1.17 bits per heavy atom. The van der Waals surface area contributed by atoms with Gasteiger partial charge in [-0.2, -0.15) is 5.10 Å². The van der Waals surface area contributed by atoms with Gasteiger partial charge in [-0.3, -0.25) is 20.6 Å². The van der Waals surface area contributed by atoms with E-state index >= 15 is 0 Å². The second-order valence-corrected chi connectivity index (χ2v) is 4.68. The molecule has 0 spiro atoms. The Morgan fingerprint density at radius 2 is 1.96 bits per heavy atom. The fourth-order valence-electron chi connectivity index (χ4n) is 1.87. The Kier molecular flexibility index (Phi) is 3.87. The molecule has 116 valence electrons. The summed E-state index contributed by atoms with van der Waals surface area (Å²) in [6.07, 6.45) is 3.03. The fraction of sp³-hybridized carbons (Fsp3) is 0.154. The van der Waals surface area contributed by atoms with Gasteiger partial charge in [0.15, 0.2) is 0 Å². The van der Waals surface area contributed by atoms with Crippen molar-refractivity contribution in [1.82, 2.24) is 40.6 Å².